The molecule has 3 aromatic rings. The SMILES string of the molecule is Cc1cc(-c2cnc(NC(C)C)nc2-c2ccc(N3CCOCC3)nc2)on1. The quantitative estimate of drug-likeness (QED) is 0.722. The molecule has 0 aromatic carbocycles. The van der Waals surface area contributed by atoms with Gasteiger partial charge in [0, 0.05) is 43.2 Å². The van der Waals surface area contributed by atoms with E-state index in [0.29, 0.717) is 11.7 Å². The number of aromatic nitrogens is 4. The van der Waals surface area contributed by atoms with E-state index in [-0.39, 0.29) is 6.04 Å². The van der Waals surface area contributed by atoms with Crippen LogP contribution >= 0.6 is 0 Å². The molecule has 0 radical (unpaired) electrons. The van der Waals surface area contributed by atoms with E-state index in [1.807, 2.05) is 31.3 Å². The van der Waals surface area contributed by atoms with Gasteiger partial charge < -0.3 is 19.5 Å². The maximum atomic E-state index is 5.46. The standard InChI is InChI=1S/C20H24N6O2/c1-13(2)23-20-22-12-16(17-10-14(3)25-28-17)19(24-20)15-4-5-18(21-11-15)26-6-8-27-9-7-26/h4-5,10-13H,6-9H2,1-3H3,(H,22,23,24). The molecule has 1 saturated heterocycles. The van der Waals surface area contributed by atoms with Gasteiger partial charge in [0.05, 0.1) is 30.2 Å². The zero-order chi connectivity index (χ0) is 19.5. The summed E-state index contributed by atoms with van der Waals surface area (Å²) in [6.07, 6.45) is 3.61. The maximum Gasteiger partial charge on any atom is 0.223 e. The van der Waals surface area contributed by atoms with Gasteiger partial charge in [-0.15, -0.1) is 0 Å². The number of hydrogen-bond donors (Lipinski definition) is 1. The summed E-state index contributed by atoms with van der Waals surface area (Å²) >= 11 is 0. The van der Waals surface area contributed by atoms with Crippen LogP contribution in [0.25, 0.3) is 22.6 Å². The topological polar surface area (TPSA) is 89.2 Å². The van der Waals surface area contributed by atoms with E-state index in [1.54, 1.807) is 6.20 Å². The third-order valence-corrected chi connectivity index (χ3v) is 4.46. The number of nitrogens with one attached hydrogen (secondary N) is 1. The lowest BCUT2D eigenvalue weighted by atomic mass is 10.1. The fourth-order valence-electron chi connectivity index (χ4n) is 3.11. The molecule has 8 nitrogen and oxygen atoms in total. The van der Waals surface area contributed by atoms with E-state index in [1.165, 1.54) is 0 Å². The highest BCUT2D eigenvalue weighted by molar-refractivity contribution is 5.78. The van der Waals surface area contributed by atoms with Crippen LogP contribution in [-0.2, 0) is 4.74 Å². The first kappa shape index (κ1) is 18.4. The Kier molecular flexibility index (Phi) is 5.21. The molecule has 1 aliphatic heterocycles. The van der Waals surface area contributed by atoms with Crippen LogP contribution in [0.4, 0.5) is 11.8 Å². The van der Waals surface area contributed by atoms with Gasteiger partial charge in [0.2, 0.25) is 5.95 Å². The summed E-state index contributed by atoms with van der Waals surface area (Å²) in [5.41, 5.74) is 3.26. The average molecular weight is 380 g/mol. The highest BCUT2D eigenvalue weighted by atomic mass is 16.5. The zero-order valence-corrected chi connectivity index (χ0v) is 16.3. The second-order valence-electron chi connectivity index (χ2n) is 7.09. The van der Waals surface area contributed by atoms with Gasteiger partial charge in [-0.3, -0.25) is 0 Å². The molecule has 0 unspecified atom stereocenters. The molecule has 1 aliphatic rings. The van der Waals surface area contributed by atoms with Crippen molar-refractivity contribution in [3.8, 4) is 22.6 Å². The number of ether oxygens (including phenoxy) is 1. The molecule has 3 aromatic heterocycles. The molecule has 1 fully saturated rings. The normalized spacial score (nSPS) is 14.5. The highest BCUT2D eigenvalue weighted by Gasteiger charge is 2.17. The minimum atomic E-state index is 0.230. The Hall–Kier alpha value is -3.00. The Morgan fingerprint density at radius 2 is 1.93 bits per heavy atom. The summed E-state index contributed by atoms with van der Waals surface area (Å²) < 4.78 is 10.9. The smallest absolute Gasteiger partial charge is 0.223 e. The van der Waals surface area contributed by atoms with Gasteiger partial charge in [0.1, 0.15) is 5.82 Å². The van der Waals surface area contributed by atoms with Crippen molar-refractivity contribution in [1.82, 2.24) is 20.1 Å². The van der Waals surface area contributed by atoms with Crippen LogP contribution < -0.4 is 10.2 Å². The number of rotatable bonds is 5. The third kappa shape index (κ3) is 3.96. The number of aryl methyl sites for hydroxylation is 1. The molecule has 4 heterocycles. The van der Waals surface area contributed by atoms with Crippen LogP contribution in [0, 0.1) is 6.92 Å². The fourth-order valence-corrected chi connectivity index (χ4v) is 3.11. The van der Waals surface area contributed by atoms with Gasteiger partial charge in [0.15, 0.2) is 5.76 Å². The molecule has 0 aliphatic carbocycles. The molecule has 8 heteroatoms. The van der Waals surface area contributed by atoms with Gasteiger partial charge in [-0.1, -0.05) is 5.16 Å². The molecular weight excluding hydrogens is 356 g/mol. The Bertz CT molecular complexity index is 932. The summed E-state index contributed by atoms with van der Waals surface area (Å²) in [5, 5.41) is 7.24. The second-order valence-corrected chi connectivity index (χ2v) is 7.09. The van der Waals surface area contributed by atoms with Crippen molar-refractivity contribution in [2.75, 3.05) is 36.5 Å². The van der Waals surface area contributed by atoms with Crippen LogP contribution in [0.15, 0.2) is 35.1 Å². The Balaban J connectivity index is 1.71. The van der Waals surface area contributed by atoms with Crippen LogP contribution in [-0.4, -0.2) is 52.5 Å². The molecule has 0 saturated carbocycles. The van der Waals surface area contributed by atoms with Crippen molar-refractivity contribution in [2.24, 2.45) is 0 Å². The molecule has 0 bridgehead atoms. The molecule has 1 N–H and O–H groups in total. The monoisotopic (exact) mass is 380 g/mol. The lowest BCUT2D eigenvalue weighted by Gasteiger charge is -2.27. The summed E-state index contributed by atoms with van der Waals surface area (Å²) in [4.78, 5) is 16.0. The number of nitrogens with zero attached hydrogens (tertiary/aromatic N) is 5. The number of morpholine rings is 1. The van der Waals surface area contributed by atoms with Gasteiger partial charge in [-0.05, 0) is 32.9 Å². The number of hydrogen-bond acceptors (Lipinski definition) is 8. The molecule has 28 heavy (non-hydrogen) atoms. The van der Waals surface area contributed by atoms with E-state index < -0.39 is 0 Å². The van der Waals surface area contributed by atoms with E-state index in [9.17, 15) is 0 Å². The van der Waals surface area contributed by atoms with Crippen molar-refractivity contribution in [2.45, 2.75) is 26.8 Å². The van der Waals surface area contributed by atoms with E-state index in [4.69, 9.17) is 14.2 Å². The largest absolute Gasteiger partial charge is 0.378 e. The van der Waals surface area contributed by atoms with Gasteiger partial charge in [-0.25, -0.2) is 15.0 Å². The first-order valence-electron chi connectivity index (χ1n) is 9.46. The Labute approximate surface area is 164 Å². The van der Waals surface area contributed by atoms with Crippen molar-refractivity contribution >= 4 is 11.8 Å². The minimum Gasteiger partial charge on any atom is -0.378 e. The predicted molar refractivity (Wildman–Crippen MR) is 107 cm³/mol. The van der Waals surface area contributed by atoms with E-state index in [2.05, 4.69) is 39.2 Å². The first-order chi connectivity index (χ1) is 13.6. The van der Waals surface area contributed by atoms with Gasteiger partial charge in [-0.2, -0.15) is 0 Å². The van der Waals surface area contributed by atoms with Crippen molar-refractivity contribution in [3.05, 3.63) is 36.3 Å². The zero-order valence-electron chi connectivity index (χ0n) is 16.3. The fraction of sp³-hybridized carbons (Fsp3) is 0.400. The highest BCUT2D eigenvalue weighted by Crippen LogP contribution is 2.31. The summed E-state index contributed by atoms with van der Waals surface area (Å²) in [6, 6.07) is 6.17. The first-order valence-corrected chi connectivity index (χ1v) is 9.46. The molecule has 4 rings (SSSR count). The lowest BCUT2D eigenvalue weighted by molar-refractivity contribution is 0.122. The summed E-state index contributed by atoms with van der Waals surface area (Å²) in [7, 11) is 0. The molecular formula is C20H24N6O2. The third-order valence-electron chi connectivity index (χ3n) is 4.46. The van der Waals surface area contributed by atoms with E-state index >= 15 is 0 Å². The lowest BCUT2D eigenvalue weighted by Crippen LogP contribution is -2.36. The second kappa shape index (κ2) is 7.93. The van der Waals surface area contributed by atoms with Crippen molar-refractivity contribution in [3.63, 3.8) is 0 Å². The van der Waals surface area contributed by atoms with E-state index in [0.717, 1.165) is 54.6 Å². The molecule has 146 valence electrons. The minimum absolute atomic E-state index is 0.230. The molecule has 0 amide bonds. The van der Waals surface area contributed by atoms with Crippen molar-refractivity contribution in [1.29, 1.82) is 0 Å². The summed E-state index contributed by atoms with van der Waals surface area (Å²) in [6.45, 7) is 9.16. The molecule has 0 atom stereocenters. The number of anilines is 2. The van der Waals surface area contributed by atoms with Crippen LogP contribution in [0.1, 0.15) is 19.5 Å². The van der Waals surface area contributed by atoms with Crippen LogP contribution in [0.2, 0.25) is 0 Å². The maximum absolute atomic E-state index is 5.46. The van der Waals surface area contributed by atoms with Gasteiger partial charge in [0.25, 0.3) is 0 Å². The average Bonchev–Trinajstić information content (AvgIpc) is 3.14. The van der Waals surface area contributed by atoms with Gasteiger partial charge >= 0.3 is 0 Å². The van der Waals surface area contributed by atoms with Crippen LogP contribution in [0.3, 0.4) is 0 Å². The summed E-state index contributed by atoms with van der Waals surface area (Å²) in [5.74, 6) is 2.15. The van der Waals surface area contributed by atoms with Crippen LogP contribution in [0.5, 0.6) is 0 Å². The Morgan fingerprint density at radius 3 is 2.57 bits per heavy atom. The molecule has 0 spiro atoms. The van der Waals surface area contributed by atoms with Crippen molar-refractivity contribution < 1.29 is 9.26 Å². The predicted octanol–water partition coefficient (Wildman–Crippen LogP) is 3.16. The number of pyridine rings is 1. The Morgan fingerprint density at radius 1 is 1.11 bits per heavy atom.